The molecule has 1 aliphatic rings. The van der Waals surface area contributed by atoms with Crippen molar-refractivity contribution in [2.45, 2.75) is 19.4 Å². The number of halogens is 1. The van der Waals surface area contributed by atoms with E-state index in [-0.39, 0.29) is 17.5 Å². The van der Waals surface area contributed by atoms with E-state index in [0.717, 1.165) is 18.4 Å². The summed E-state index contributed by atoms with van der Waals surface area (Å²) in [5, 5.41) is 0. The van der Waals surface area contributed by atoms with Gasteiger partial charge in [-0.1, -0.05) is 6.07 Å². The van der Waals surface area contributed by atoms with Gasteiger partial charge in [-0.15, -0.1) is 0 Å². The fraction of sp³-hybridized carbons (Fsp3) is 0.500. The standard InChI is InChI=1S/C14H18FNO2/c1-16(9-13(17)11-4-5-11)8-10-3-6-14(18-2)12(15)7-10/h3,6-7,11H,4-5,8-9H2,1-2H3. The fourth-order valence-corrected chi connectivity index (χ4v) is 1.98. The number of rotatable bonds is 6. The SMILES string of the molecule is COc1ccc(CN(C)CC(=O)C2CC2)cc1F. The number of nitrogens with zero attached hydrogens (tertiary/aromatic N) is 1. The maximum absolute atomic E-state index is 13.5. The van der Waals surface area contributed by atoms with Crippen LogP contribution in [0, 0.1) is 11.7 Å². The summed E-state index contributed by atoms with van der Waals surface area (Å²) in [4.78, 5) is 13.6. The van der Waals surface area contributed by atoms with Gasteiger partial charge in [0.25, 0.3) is 0 Å². The molecule has 0 unspecified atom stereocenters. The van der Waals surface area contributed by atoms with Gasteiger partial charge in [-0.2, -0.15) is 0 Å². The molecule has 0 amide bonds. The van der Waals surface area contributed by atoms with Crippen molar-refractivity contribution in [3.8, 4) is 5.75 Å². The third kappa shape index (κ3) is 3.29. The first kappa shape index (κ1) is 13.0. The molecule has 2 rings (SSSR count). The summed E-state index contributed by atoms with van der Waals surface area (Å²) < 4.78 is 18.4. The molecule has 0 atom stereocenters. The van der Waals surface area contributed by atoms with Crippen LogP contribution in [0.5, 0.6) is 5.75 Å². The predicted octanol–water partition coefficient (Wildman–Crippen LogP) is 2.25. The van der Waals surface area contributed by atoms with Gasteiger partial charge in [-0.25, -0.2) is 4.39 Å². The van der Waals surface area contributed by atoms with E-state index in [1.807, 2.05) is 18.0 Å². The highest BCUT2D eigenvalue weighted by atomic mass is 19.1. The molecule has 0 saturated heterocycles. The molecule has 0 heterocycles. The van der Waals surface area contributed by atoms with Crippen molar-refractivity contribution in [1.29, 1.82) is 0 Å². The van der Waals surface area contributed by atoms with Gasteiger partial charge < -0.3 is 4.74 Å². The van der Waals surface area contributed by atoms with E-state index in [9.17, 15) is 9.18 Å². The zero-order chi connectivity index (χ0) is 13.1. The molecule has 0 aromatic heterocycles. The first-order chi connectivity index (χ1) is 8.60. The van der Waals surface area contributed by atoms with Gasteiger partial charge in [0.15, 0.2) is 11.6 Å². The van der Waals surface area contributed by atoms with Crippen LogP contribution in [0.25, 0.3) is 0 Å². The summed E-state index contributed by atoms with van der Waals surface area (Å²) in [5.41, 5.74) is 0.847. The second kappa shape index (κ2) is 5.48. The number of likely N-dealkylation sites (N-methyl/N-ethyl adjacent to an activating group) is 1. The average molecular weight is 251 g/mol. The Kier molecular flexibility index (Phi) is 3.97. The number of hydrogen-bond acceptors (Lipinski definition) is 3. The Morgan fingerprint density at radius 2 is 2.22 bits per heavy atom. The highest BCUT2D eigenvalue weighted by Crippen LogP contribution is 2.30. The van der Waals surface area contributed by atoms with Gasteiger partial charge in [-0.3, -0.25) is 9.69 Å². The van der Waals surface area contributed by atoms with Crippen LogP contribution in [-0.4, -0.2) is 31.4 Å². The van der Waals surface area contributed by atoms with Gasteiger partial charge in [0.2, 0.25) is 0 Å². The number of carbonyl (C=O) groups excluding carboxylic acids is 1. The van der Waals surface area contributed by atoms with E-state index in [0.29, 0.717) is 18.9 Å². The molecule has 0 bridgehead atoms. The third-order valence-corrected chi connectivity index (χ3v) is 3.13. The van der Waals surface area contributed by atoms with Gasteiger partial charge in [-0.05, 0) is 37.6 Å². The third-order valence-electron chi connectivity index (χ3n) is 3.13. The van der Waals surface area contributed by atoms with Crippen molar-refractivity contribution in [2.24, 2.45) is 5.92 Å². The van der Waals surface area contributed by atoms with Crippen LogP contribution in [0.15, 0.2) is 18.2 Å². The molecule has 0 spiro atoms. The topological polar surface area (TPSA) is 29.5 Å². The summed E-state index contributed by atoms with van der Waals surface area (Å²) in [7, 11) is 3.32. The lowest BCUT2D eigenvalue weighted by Gasteiger charge is -2.16. The van der Waals surface area contributed by atoms with Crippen LogP contribution in [0.2, 0.25) is 0 Å². The van der Waals surface area contributed by atoms with Crippen molar-refractivity contribution < 1.29 is 13.9 Å². The van der Waals surface area contributed by atoms with Gasteiger partial charge in [0, 0.05) is 12.5 Å². The van der Waals surface area contributed by atoms with Crippen LogP contribution in [0.4, 0.5) is 4.39 Å². The Labute approximate surface area is 107 Å². The van der Waals surface area contributed by atoms with Crippen molar-refractivity contribution >= 4 is 5.78 Å². The van der Waals surface area contributed by atoms with E-state index in [4.69, 9.17) is 4.74 Å². The van der Waals surface area contributed by atoms with Crippen LogP contribution < -0.4 is 4.74 Å². The average Bonchev–Trinajstić information content (AvgIpc) is 3.12. The number of carbonyl (C=O) groups is 1. The summed E-state index contributed by atoms with van der Waals surface area (Å²) in [6.45, 7) is 1.01. The Morgan fingerprint density at radius 1 is 1.50 bits per heavy atom. The zero-order valence-electron chi connectivity index (χ0n) is 10.8. The molecular weight excluding hydrogens is 233 g/mol. The number of Topliss-reactive ketones (excluding diaryl/α,β-unsaturated/α-hetero) is 1. The molecule has 0 radical (unpaired) electrons. The van der Waals surface area contributed by atoms with Gasteiger partial charge in [0.05, 0.1) is 13.7 Å². The molecular formula is C14H18FNO2. The lowest BCUT2D eigenvalue weighted by molar-refractivity contribution is -0.121. The molecule has 0 N–H and O–H groups in total. The molecule has 1 aromatic carbocycles. The summed E-state index contributed by atoms with van der Waals surface area (Å²) in [6, 6.07) is 4.89. The normalized spacial score (nSPS) is 14.9. The number of hydrogen-bond donors (Lipinski definition) is 0. The molecule has 3 nitrogen and oxygen atoms in total. The lowest BCUT2D eigenvalue weighted by Crippen LogP contribution is -2.26. The van der Waals surface area contributed by atoms with Crippen molar-refractivity contribution in [1.82, 2.24) is 4.90 Å². The molecule has 98 valence electrons. The van der Waals surface area contributed by atoms with Crippen molar-refractivity contribution in [3.63, 3.8) is 0 Å². The first-order valence-electron chi connectivity index (χ1n) is 6.14. The highest BCUT2D eigenvalue weighted by Gasteiger charge is 2.29. The van der Waals surface area contributed by atoms with Crippen molar-refractivity contribution in [3.05, 3.63) is 29.6 Å². The predicted molar refractivity (Wildman–Crippen MR) is 67.0 cm³/mol. The highest BCUT2D eigenvalue weighted by molar-refractivity contribution is 5.84. The Morgan fingerprint density at radius 3 is 2.78 bits per heavy atom. The second-order valence-corrected chi connectivity index (χ2v) is 4.88. The number of methoxy groups -OCH3 is 1. The van der Waals surface area contributed by atoms with E-state index >= 15 is 0 Å². The quantitative estimate of drug-likeness (QED) is 0.776. The summed E-state index contributed by atoms with van der Waals surface area (Å²) >= 11 is 0. The molecule has 1 fully saturated rings. The maximum Gasteiger partial charge on any atom is 0.165 e. The minimum atomic E-state index is -0.364. The first-order valence-corrected chi connectivity index (χ1v) is 6.14. The van der Waals surface area contributed by atoms with Crippen LogP contribution in [0.3, 0.4) is 0 Å². The number of benzene rings is 1. The van der Waals surface area contributed by atoms with E-state index < -0.39 is 0 Å². The molecule has 4 heteroatoms. The van der Waals surface area contributed by atoms with E-state index in [1.54, 1.807) is 6.07 Å². The Bertz CT molecular complexity index is 443. The summed E-state index contributed by atoms with van der Waals surface area (Å²) in [6.07, 6.45) is 2.06. The van der Waals surface area contributed by atoms with Gasteiger partial charge >= 0.3 is 0 Å². The second-order valence-electron chi connectivity index (χ2n) is 4.88. The smallest absolute Gasteiger partial charge is 0.165 e. The van der Waals surface area contributed by atoms with Crippen LogP contribution >= 0.6 is 0 Å². The molecule has 1 saturated carbocycles. The van der Waals surface area contributed by atoms with Crippen LogP contribution in [-0.2, 0) is 11.3 Å². The largest absolute Gasteiger partial charge is 0.494 e. The molecule has 0 aliphatic heterocycles. The van der Waals surface area contributed by atoms with E-state index in [2.05, 4.69) is 0 Å². The van der Waals surface area contributed by atoms with E-state index in [1.165, 1.54) is 13.2 Å². The maximum atomic E-state index is 13.5. The number of ether oxygens (including phenoxy) is 1. The Hall–Kier alpha value is -1.42. The summed E-state index contributed by atoms with van der Waals surface area (Å²) in [5.74, 6) is 0.457. The molecule has 1 aliphatic carbocycles. The minimum absolute atomic E-state index is 0.246. The number of ketones is 1. The lowest BCUT2D eigenvalue weighted by atomic mass is 10.2. The van der Waals surface area contributed by atoms with Gasteiger partial charge in [0.1, 0.15) is 5.78 Å². The minimum Gasteiger partial charge on any atom is -0.494 e. The zero-order valence-corrected chi connectivity index (χ0v) is 10.8. The molecule has 1 aromatic rings. The molecule has 18 heavy (non-hydrogen) atoms. The van der Waals surface area contributed by atoms with Crippen LogP contribution in [0.1, 0.15) is 18.4 Å². The van der Waals surface area contributed by atoms with Crippen molar-refractivity contribution in [2.75, 3.05) is 20.7 Å². The fourth-order valence-electron chi connectivity index (χ4n) is 1.98. The monoisotopic (exact) mass is 251 g/mol. The Balaban J connectivity index is 1.91.